The number of carbonyl (C=O) groups is 2. The van der Waals surface area contributed by atoms with Crippen LogP contribution < -0.4 is 21.5 Å². The van der Waals surface area contributed by atoms with E-state index in [1.807, 2.05) is 36.4 Å². The Morgan fingerprint density at radius 2 is 1.26 bits per heavy atom. The molecule has 7 nitrogen and oxygen atoms in total. The van der Waals surface area contributed by atoms with Crippen LogP contribution in [0.5, 0.6) is 0 Å². The number of hydrogen-bond acceptors (Lipinski definition) is 3. The molecule has 3 amide bonds. The minimum absolute atomic E-state index is 0.257. The zero-order chi connectivity index (χ0) is 21.8. The van der Waals surface area contributed by atoms with E-state index in [1.165, 1.54) is 10.6 Å². The Morgan fingerprint density at radius 3 is 1.94 bits per heavy atom. The minimum Gasteiger partial charge on any atom is -0.322 e. The van der Waals surface area contributed by atoms with Gasteiger partial charge in [-0.2, -0.15) is 0 Å². The number of rotatable bonds is 4. The molecule has 154 valence electrons. The molecule has 0 unspecified atom stereocenters. The predicted octanol–water partition coefficient (Wildman–Crippen LogP) is 4.43. The Labute approximate surface area is 178 Å². The highest BCUT2D eigenvalue weighted by Gasteiger charge is 2.13. The van der Waals surface area contributed by atoms with Crippen molar-refractivity contribution in [3.8, 4) is 0 Å². The van der Waals surface area contributed by atoms with Crippen LogP contribution in [0.4, 0.5) is 21.9 Å². The summed E-state index contributed by atoms with van der Waals surface area (Å²) in [6, 6.07) is 24.1. The van der Waals surface area contributed by atoms with Gasteiger partial charge in [-0.3, -0.25) is 9.59 Å². The molecule has 0 atom stereocenters. The molecule has 1 aromatic heterocycles. The summed E-state index contributed by atoms with van der Waals surface area (Å²) in [6.45, 7) is 0. The number of benzene rings is 3. The van der Waals surface area contributed by atoms with Gasteiger partial charge in [-0.1, -0.05) is 36.4 Å². The van der Waals surface area contributed by atoms with Gasteiger partial charge < -0.3 is 20.5 Å². The summed E-state index contributed by atoms with van der Waals surface area (Å²) in [7, 11) is 1.67. The number of carbonyl (C=O) groups excluding carboxylic acids is 2. The van der Waals surface area contributed by atoms with Crippen molar-refractivity contribution in [3.63, 3.8) is 0 Å². The maximum absolute atomic E-state index is 12.8. The lowest BCUT2D eigenvalue weighted by Crippen LogP contribution is -2.21. The molecule has 4 rings (SSSR count). The third-order valence-electron chi connectivity index (χ3n) is 4.83. The fourth-order valence-electron chi connectivity index (χ4n) is 3.25. The summed E-state index contributed by atoms with van der Waals surface area (Å²) >= 11 is 0. The Bertz CT molecular complexity index is 1310. The molecule has 0 fully saturated rings. The molecule has 0 bridgehead atoms. The first kappa shape index (κ1) is 19.9. The summed E-state index contributed by atoms with van der Waals surface area (Å²) in [5.74, 6) is -0.378. The van der Waals surface area contributed by atoms with Gasteiger partial charge in [-0.15, -0.1) is 0 Å². The van der Waals surface area contributed by atoms with Crippen LogP contribution >= 0.6 is 0 Å². The average molecular weight is 412 g/mol. The summed E-state index contributed by atoms with van der Waals surface area (Å²) < 4.78 is 1.51. The van der Waals surface area contributed by atoms with Crippen molar-refractivity contribution in [2.24, 2.45) is 7.05 Å². The van der Waals surface area contributed by atoms with E-state index in [9.17, 15) is 14.4 Å². The molecule has 0 aliphatic carbocycles. The normalized spacial score (nSPS) is 10.5. The molecule has 3 aromatic carbocycles. The first-order chi connectivity index (χ1) is 15.0. The number of hydrogen-bond donors (Lipinski definition) is 3. The van der Waals surface area contributed by atoms with E-state index in [1.54, 1.807) is 49.5 Å². The van der Waals surface area contributed by atoms with E-state index in [0.29, 0.717) is 33.5 Å². The second-order valence-electron chi connectivity index (χ2n) is 6.95. The summed E-state index contributed by atoms with van der Waals surface area (Å²) in [5, 5.41) is 8.96. The van der Waals surface area contributed by atoms with E-state index in [-0.39, 0.29) is 17.5 Å². The number of nitrogens with zero attached hydrogens (tertiary/aromatic N) is 1. The molecular weight excluding hydrogens is 392 g/mol. The third kappa shape index (κ3) is 4.45. The molecule has 0 saturated carbocycles. The van der Waals surface area contributed by atoms with Gasteiger partial charge in [0.2, 0.25) is 0 Å². The SMILES string of the molecule is Cn1c(=O)cc(C(=O)Nc2ccc(NC(=O)Nc3ccccc3)cc2)c2ccccc21. The number of anilines is 3. The zero-order valence-electron chi connectivity index (χ0n) is 16.8. The second-order valence-corrected chi connectivity index (χ2v) is 6.95. The van der Waals surface area contributed by atoms with Crippen LogP contribution in [0.3, 0.4) is 0 Å². The Hall–Kier alpha value is -4.39. The van der Waals surface area contributed by atoms with Crippen LogP contribution in [0.25, 0.3) is 10.9 Å². The molecule has 0 aliphatic heterocycles. The van der Waals surface area contributed by atoms with Gasteiger partial charge in [0.25, 0.3) is 11.5 Å². The van der Waals surface area contributed by atoms with Gasteiger partial charge in [-0.25, -0.2) is 4.79 Å². The van der Waals surface area contributed by atoms with E-state index in [2.05, 4.69) is 16.0 Å². The first-order valence-corrected chi connectivity index (χ1v) is 9.64. The van der Waals surface area contributed by atoms with Crippen LogP contribution in [-0.2, 0) is 7.05 Å². The largest absolute Gasteiger partial charge is 0.323 e. The van der Waals surface area contributed by atoms with Crippen LogP contribution in [0.15, 0.2) is 89.7 Å². The number of pyridine rings is 1. The van der Waals surface area contributed by atoms with Crippen LogP contribution in [-0.4, -0.2) is 16.5 Å². The molecule has 3 N–H and O–H groups in total. The molecule has 0 aliphatic rings. The molecule has 31 heavy (non-hydrogen) atoms. The number of nitrogens with one attached hydrogen (secondary N) is 3. The fourth-order valence-corrected chi connectivity index (χ4v) is 3.25. The highest BCUT2D eigenvalue weighted by Crippen LogP contribution is 2.19. The smallest absolute Gasteiger partial charge is 0.322 e. The van der Waals surface area contributed by atoms with Crippen molar-refractivity contribution in [1.29, 1.82) is 0 Å². The van der Waals surface area contributed by atoms with E-state index < -0.39 is 0 Å². The highest BCUT2D eigenvalue weighted by atomic mass is 16.2. The van der Waals surface area contributed by atoms with Gasteiger partial charge >= 0.3 is 6.03 Å². The monoisotopic (exact) mass is 412 g/mol. The number of fused-ring (bicyclic) bond motifs is 1. The standard InChI is InChI=1S/C24H20N4O3/c1-28-21-10-6-5-9-19(21)20(15-22(28)29)23(30)25-17-11-13-18(14-12-17)27-24(31)26-16-7-3-2-4-8-16/h2-15H,1H3,(H,25,30)(H2,26,27,31). The van der Waals surface area contributed by atoms with Crippen molar-refractivity contribution in [3.05, 3.63) is 101 Å². The van der Waals surface area contributed by atoms with E-state index >= 15 is 0 Å². The maximum Gasteiger partial charge on any atom is 0.323 e. The summed E-state index contributed by atoms with van der Waals surface area (Å²) in [4.78, 5) is 37.1. The Morgan fingerprint density at radius 1 is 0.710 bits per heavy atom. The molecule has 0 spiro atoms. The van der Waals surface area contributed by atoms with Crippen molar-refractivity contribution in [2.45, 2.75) is 0 Å². The van der Waals surface area contributed by atoms with E-state index in [0.717, 1.165) is 0 Å². The van der Waals surface area contributed by atoms with E-state index in [4.69, 9.17) is 0 Å². The van der Waals surface area contributed by atoms with Gasteiger partial charge in [0, 0.05) is 35.6 Å². The lowest BCUT2D eigenvalue weighted by molar-refractivity contribution is 0.102. The van der Waals surface area contributed by atoms with Gasteiger partial charge in [0.15, 0.2) is 0 Å². The average Bonchev–Trinajstić information content (AvgIpc) is 2.78. The summed E-state index contributed by atoms with van der Waals surface area (Å²) in [6.07, 6.45) is 0. The molecular formula is C24H20N4O3. The number of aromatic nitrogens is 1. The third-order valence-corrected chi connectivity index (χ3v) is 4.83. The minimum atomic E-state index is -0.378. The summed E-state index contributed by atoms with van der Waals surface area (Å²) in [5.41, 5.74) is 2.54. The maximum atomic E-state index is 12.8. The topological polar surface area (TPSA) is 92.2 Å². The Balaban J connectivity index is 1.47. The van der Waals surface area contributed by atoms with Crippen LogP contribution in [0, 0.1) is 0 Å². The van der Waals surface area contributed by atoms with Gasteiger partial charge in [-0.05, 0) is 42.5 Å². The molecule has 4 aromatic rings. The number of amides is 3. The lowest BCUT2D eigenvalue weighted by Gasteiger charge is -2.11. The lowest BCUT2D eigenvalue weighted by atomic mass is 10.1. The first-order valence-electron chi connectivity index (χ1n) is 9.64. The van der Waals surface area contributed by atoms with Gasteiger partial charge in [0.05, 0.1) is 11.1 Å². The van der Waals surface area contributed by atoms with Crippen LogP contribution in [0.1, 0.15) is 10.4 Å². The van der Waals surface area contributed by atoms with Crippen molar-refractivity contribution >= 4 is 39.9 Å². The van der Waals surface area contributed by atoms with Gasteiger partial charge in [0.1, 0.15) is 0 Å². The number of para-hydroxylation sites is 2. The number of aryl methyl sites for hydroxylation is 1. The molecule has 0 radical (unpaired) electrons. The van der Waals surface area contributed by atoms with Crippen molar-refractivity contribution in [1.82, 2.24) is 4.57 Å². The van der Waals surface area contributed by atoms with Crippen LogP contribution in [0.2, 0.25) is 0 Å². The highest BCUT2D eigenvalue weighted by molar-refractivity contribution is 6.12. The number of urea groups is 1. The second kappa shape index (κ2) is 8.54. The molecule has 0 saturated heterocycles. The quantitative estimate of drug-likeness (QED) is 0.463. The Kier molecular flexibility index (Phi) is 5.49. The fraction of sp³-hybridized carbons (Fsp3) is 0.0417. The molecule has 1 heterocycles. The molecule has 7 heteroatoms. The zero-order valence-corrected chi connectivity index (χ0v) is 16.8. The van der Waals surface area contributed by atoms with Crippen molar-refractivity contribution in [2.75, 3.05) is 16.0 Å². The predicted molar refractivity (Wildman–Crippen MR) is 123 cm³/mol. The van der Waals surface area contributed by atoms with Crippen molar-refractivity contribution < 1.29 is 9.59 Å².